The van der Waals surface area contributed by atoms with E-state index in [1.54, 1.807) is 41.6 Å². The molecule has 9 heteroatoms. The first-order chi connectivity index (χ1) is 27.1. The Labute approximate surface area is 398 Å². The van der Waals surface area contributed by atoms with Crippen LogP contribution in [0, 0.1) is 11.5 Å². The summed E-state index contributed by atoms with van der Waals surface area (Å²) in [5.41, 5.74) is 6.50. The molecule has 5 aromatic rings. The first kappa shape index (κ1) is 54.8. The van der Waals surface area contributed by atoms with Crippen molar-refractivity contribution in [2.24, 2.45) is 5.41 Å². The van der Waals surface area contributed by atoms with Gasteiger partial charge in [0.15, 0.2) is 12.4 Å². The third-order valence-electron chi connectivity index (χ3n) is 9.63. The summed E-state index contributed by atoms with van der Waals surface area (Å²) < 4.78 is 12.3. The molecule has 0 bridgehead atoms. The second-order valence-electron chi connectivity index (χ2n) is 18.6. The van der Waals surface area contributed by atoms with Gasteiger partial charge in [-0.1, -0.05) is 154 Å². The Morgan fingerprint density at radius 3 is 1.43 bits per heavy atom. The number of hydrogen-bond donors (Lipinski definition) is 0. The summed E-state index contributed by atoms with van der Waals surface area (Å²) in [5.74, 6) is 1.08. The predicted octanol–water partition coefficient (Wildman–Crippen LogP) is 6.76. The molecule has 0 fully saturated rings. The number of aromatic nitrogens is 1. The molecule has 61 heavy (non-hydrogen) atoms. The molecule has 1 amide bonds. The molecule has 320 valence electrons. The maximum absolute atomic E-state index is 13.0. The normalized spacial score (nSPS) is 13.5. The average molecular weight is 919 g/mol. The summed E-state index contributed by atoms with van der Waals surface area (Å²) in [6, 6.07) is 41.6. The van der Waals surface area contributed by atoms with E-state index < -0.39 is 6.09 Å². The summed E-state index contributed by atoms with van der Waals surface area (Å²) >= 11 is 0. The molecule has 2 heterocycles. The van der Waals surface area contributed by atoms with Gasteiger partial charge in [0.05, 0.1) is 6.04 Å². The number of benzene rings is 4. The van der Waals surface area contributed by atoms with Crippen molar-refractivity contribution >= 4 is 35.2 Å². The molecule has 1 aliphatic heterocycles. The molecule has 0 radical (unpaired) electrons. The van der Waals surface area contributed by atoms with Gasteiger partial charge in [0.1, 0.15) is 11.5 Å². The number of ether oxygens (including phenoxy) is 2. The fraction of sp³-hybridized carbons (Fsp3) is 0.327. The molecule has 1 unspecified atom stereocenters. The van der Waals surface area contributed by atoms with E-state index in [1.807, 2.05) is 72.9 Å². The topological polar surface area (TPSA) is 59.7 Å². The first-order valence-electron chi connectivity index (χ1n) is 19.9. The van der Waals surface area contributed by atoms with Crippen LogP contribution in [0.15, 0.2) is 158 Å². The van der Waals surface area contributed by atoms with Crippen LogP contribution in [0.1, 0.15) is 111 Å². The van der Waals surface area contributed by atoms with Crippen LogP contribution >= 0.6 is 0 Å². The molecular formula is C52H62BrClMgN2O4. The van der Waals surface area contributed by atoms with E-state index in [4.69, 9.17) is 9.47 Å². The standard InChI is InChI=1S/C26H31NO2.C16H18NO2.C10H13.BrH.ClH.Mg/c1-25(2,3)20-14-12-19(13-15-20)23-18-21(26(4,5)6)16-17-27(23)24(28)29-22-10-8-7-9-11-22;1-16(2,3)13-9-11-17(12-10-13)15(18)19-14-7-5-4-6-8-14;1-10(2,3)9-7-5-4-6-8-9;;;/h7-18,23H,1-6H3;4-12H,1-3H3;5-8H,1-3H3;2*1H;/q;+1;-1;;;+2/p-2. The SMILES string of the molecule is CC(C)(C)C1=CC(c2ccc(C(C)(C)C)cc2)N(C(=O)Oc2ccccc2)C=C1.CC(C)(C)c1cc[c-]cc1.CC(C)(C)c1cc[n+](C(=O)Oc2ccccc2)cc1.[Br-].[Cl-].[Mg+2]. The molecule has 0 spiro atoms. The van der Waals surface area contributed by atoms with E-state index in [2.05, 4.69) is 132 Å². The largest absolute Gasteiger partial charge is 2.00 e. The van der Waals surface area contributed by atoms with Gasteiger partial charge >= 0.3 is 35.2 Å². The molecule has 4 aromatic carbocycles. The Bertz CT molecular complexity index is 2130. The van der Waals surface area contributed by atoms with E-state index in [-0.39, 0.29) is 86.2 Å². The predicted molar refractivity (Wildman–Crippen MR) is 242 cm³/mol. The molecule has 1 atom stereocenters. The molecular weight excluding hydrogens is 856 g/mol. The van der Waals surface area contributed by atoms with Crippen molar-refractivity contribution in [2.75, 3.05) is 0 Å². The summed E-state index contributed by atoms with van der Waals surface area (Å²) in [7, 11) is 0. The monoisotopic (exact) mass is 916 g/mol. The number of hydrogen-bond acceptors (Lipinski definition) is 4. The van der Waals surface area contributed by atoms with Crippen LogP contribution < -0.4 is 43.4 Å². The summed E-state index contributed by atoms with van der Waals surface area (Å²) in [6.45, 7) is 26.2. The van der Waals surface area contributed by atoms with E-state index >= 15 is 0 Å². The fourth-order valence-corrected chi connectivity index (χ4v) is 5.89. The van der Waals surface area contributed by atoms with Crippen LogP contribution in [0.2, 0.25) is 0 Å². The van der Waals surface area contributed by atoms with Crippen molar-refractivity contribution in [1.29, 1.82) is 0 Å². The van der Waals surface area contributed by atoms with Gasteiger partial charge in [-0.3, -0.25) is 4.90 Å². The molecule has 0 saturated heterocycles. The van der Waals surface area contributed by atoms with Gasteiger partial charge in [-0.25, -0.2) is 4.79 Å². The van der Waals surface area contributed by atoms with Crippen LogP contribution in [0.4, 0.5) is 9.59 Å². The number of carbonyl (C=O) groups is 2. The number of halogens is 2. The van der Waals surface area contributed by atoms with Crippen LogP contribution in [0.3, 0.4) is 0 Å². The van der Waals surface area contributed by atoms with Crippen LogP contribution in [-0.4, -0.2) is 40.1 Å². The Morgan fingerprint density at radius 2 is 1.00 bits per heavy atom. The molecule has 0 N–H and O–H groups in total. The molecule has 0 aliphatic carbocycles. The van der Waals surface area contributed by atoms with E-state index in [0.717, 1.165) is 5.56 Å². The zero-order valence-corrected chi connectivity index (χ0v) is 41.8. The molecule has 1 aliphatic rings. The van der Waals surface area contributed by atoms with E-state index in [0.29, 0.717) is 11.5 Å². The first-order valence-corrected chi connectivity index (χ1v) is 19.9. The number of nitrogens with zero attached hydrogens (tertiary/aromatic N) is 2. The smallest absolute Gasteiger partial charge is 1.00 e. The number of para-hydroxylation sites is 2. The number of carbonyl (C=O) groups excluding carboxylic acids is 2. The van der Waals surface area contributed by atoms with Crippen molar-refractivity contribution in [3.63, 3.8) is 0 Å². The Morgan fingerprint density at radius 1 is 0.574 bits per heavy atom. The minimum absolute atomic E-state index is 0. The Hall–Kier alpha value is -4.21. The van der Waals surface area contributed by atoms with Crippen molar-refractivity contribution in [3.8, 4) is 11.5 Å². The number of rotatable bonds is 3. The zero-order chi connectivity index (χ0) is 42.7. The van der Waals surface area contributed by atoms with Crippen molar-refractivity contribution in [1.82, 2.24) is 4.90 Å². The van der Waals surface area contributed by atoms with Crippen LogP contribution in [0.5, 0.6) is 11.5 Å². The fourth-order valence-electron chi connectivity index (χ4n) is 5.89. The van der Waals surface area contributed by atoms with Crippen LogP contribution in [-0.2, 0) is 16.2 Å². The second kappa shape index (κ2) is 23.9. The summed E-state index contributed by atoms with van der Waals surface area (Å²) in [5, 5.41) is 0. The molecule has 6 nitrogen and oxygen atoms in total. The summed E-state index contributed by atoms with van der Waals surface area (Å²) in [6.07, 6.45) is 8.67. The van der Waals surface area contributed by atoms with Crippen LogP contribution in [0.25, 0.3) is 0 Å². The minimum atomic E-state index is -0.411. The van der Waals surface area contributed by atoms with Crippen molar-refractivity contribution in [3.05, 3.63) is 186 Å². The van der Waals surface area contributed by atoms with Gasteiger partial charge in [-0.05, 0) is 74.3 Å². The molecule has 6 rings (SSSR count). The van der Waals surface area contributed by atoms with Gasteiger partial charge < -0.3 is 38.9 Å². The Kier molecular flexibility index (Phi) is 21.4. The zero-order valence-electron chi connectivity index (χ0n) is 38.0. The second-order valence-corrected chi connectivity index (χ2v) is 18.6. The van der Waals surface area contributed by atoms with Crippen molar-refractivity contribution in [2.45, 2.75) is 105 Å². The van der Waals surface area contributed by atoms with Gasteiger partial charge in [0.2, 0.25) is 0 Å². The number of allylic oxidation sites excluding steroid dienone is 2. The van der Waals surface area contributed by atoms with Gasteiger partial charge in [-0.15, -0.1) is 0 Å². The molecule has 0 saturated carbocycles. The minimum Gasteiger partial charge on any atom is -1.00 e. The Balaban J connectivity index is 0.000000501. The van der Waals surface area contributed by atoms with E-state index in [1.165, 1.54) is 26.8 Å². The molecule has 1 aromatic heterocycles. The average Bonchev–Trinajstić information content (AvgIpc) is 3.18. The number of amides is 1. The quantitative estimate of drug-likeness (QED) is 0.114. The third kappa shape index (κ3) is 17.2. The van der Waals surface area contributed by atoms with Gasteiger partial charge in [0, 0.05) is 18.3 Å². The van der Waals surface area contributed by atoms with E-state index in [9.17, 15) is 9.59 Å². The van der Waals surface area contributed by atoms with Gasteiger partial charge in [0.25, 0.3) is 0 Å². The summed E-state index contributed by atoms with van der Waals surface area (Å²) in [4.78, 5) is 26.5. The number of pyridine rings is 1. The van der Waals surface area contributed by atoms with Gasteiger partial charge in [-0.2, -0.15) is 40.7 Å². The van der Waals surface area contributed by atoms with Crippen molar-refractivity contribution < 1.29 is 53.0 Å². The third-order valence-corrected chi connectivity index (χ3v) is 9.63. The maximum atomic E-state index is 13.0. The maximum Gasteiger partial charge on any atom is 2.00 e.